The van der Waals surface area contributed by atoms with E-state index >= 15 is 0 Å². The third-order valence-corrected chi connectivity index (χ3v) is 6.24. The molecule has 0 radical (unpaired) electrons. The molecule has 0 saturated carbocycles. The summed E-state index contributed by atoms with van der Waals surface area (Å²) in [6.07, 6.45) is 3.42. The Balaban J connectivity index is 1.83. The number of fused-ring (bicyclic) bond motifs is 1. The molecular weight excluding hydrogens is 356 g/mol. The van der Waals surface area contributed by atoms with Crippen LogP contribution in [0.4, 0.5) is 5.69 Å². The van der Waals surface area contributed by atoms with Crippen LogP contribution in [0.5, 0.6) is 5.75 Å². The molecule has 1 aliphatic rings. The zero-order chi connectivity index (χ0) is 19.6. The lowest BCUT2D eigenvalue weighted by Gasteiger charge is -2.29. The maximum Gasteiger partial charge on any atom is 0.130 e. The lowest BCUT2D eigenvalue weighted by Crippen LogP contribution is -2.31. The summed E-state index contributed by atoms with van der Waals surface area (Å²) in [6.45, 7) is 9.13. The number of pyridine rings is 1. The summed E-state index contributed by atoms with van der Waals surface area (Å²) in [5.41, 5.74) is 4.49. The van der Waals surface area contributed by atoms with Crippen molar-refractivity contribution in [2.75, 3.05) is 11.9 Å². The molecule has 0 amide bonds. The fourth-order valence-electron chi connectivity index (χ4n) is 3.40. The molecule has 0 bridgehead atoms. The Morgan fingerprint density at radius 2 is 2.04 bits per heavy atom. The van der Waals surface area contributed by atoms with Crippen LogP contribution in [0.1, 0.15) is 49.3 Å². The van der Waals surface area contributed by atoms with Gasteiger partial charge in [-0.1, -0.05) is 26.8 Å². The van der Waals surface area contributed by atoms with Gasteiger partial charge >= 0.3 is 0 Å². The molecule has 144 valence electrons. The zero-order valence-electron chi connectivity index (χ0n) is 16.7. The van der Waals surface area contributed by atoms with Gasteiger partial charge in [0.1, 0.15) is 18.6 Å². The van der Waals surface area contributed by atoms with Gasteiger partial charge in [0.15, 0.2) is 0 Å². The van der Waals surface area contributed by atoms with Gasteiger partial charge in [-0.05, 0) is 42.3 Å². The summed E-state index contributed by atoms with van der Waals surface area (Å²) >= 11 is 1.92. The van der Waals surface area contributed by atoms with Gasteiger partial charge in [0.25, 0.3) is 0 Å². The Labute approximate surface area is 166 Å². The molecule has 0 spiro atoms. The minimum atomic E-state index is 0.108. The van der Waals surface area contributed by atoms with Crippen molar-refractivity contribution in [1.82, 2.24) is 4.98 Å². The van der Waals surface area contributed by atoms with E-state index in [1.807, 2.05) is 43.1 Å². The molecule has 0 fully saturated rings. The minimum Gasteiger partial charge on any atom is -0.487 e. The highest BCUT2D eigenvalue weighted by Crippen LogP contribution is 2.51. The maximum atomic E-state index is 11.3. The van der Waals surface area contributed by atoms with Crippen molar-refractivity contribution in [3.63, 3.8) is 0 Å². The Hall–Kier alpha value is -2.01. The highest BCUT2D eigenvalue weighted by molar-refractivity contribution is 8.00. The second kappa shape index (κ2) is 7.93. The predicted octanol–water partition coefficient (Wildman–Crippen LogP) is 4.95. The summed E-state index contributed by atoms with van der Waals surface area (Å²) in [5.74, 6) is 0.843. The first-order chi connectivity index (χ1) is 12.8. The fourth-order valence-corrected chi connectivity index (χ4v) is 4.93. The van der Waals surface area contributed by atoms with Gasteiger partial charge in [-0.2, -0.15) is 0 Å². The molecule has 5 heteroatoms. The molecule has 2 atom stereocenters. The van der Waals surface area contributed by atoms with Crippen LogP contribution in [-0.4, -0.2) is 29.1 Å². The quantitative estimate of drug-likeness (QED) is 0.659. The molecule has 3 rings (SSSR count). The lowest BCUT2D eigenvalue weighted by molar-refractivity contribution is -0.108. The molecule has 1 aromatic heterocycles. The van der Waals surface area contributed by atoms with E-state index in [1.165, 1.54) is 11.3 Å². The average Bonchev–Trinajstić information content (AvgIpc) is 2.86. The number of rotatable bonds is 6. The van der Waals surface area contributed by atoms with Crippen molar-refractivity contribution >= 4 is 23.7 Å². The molecule has 4 nitrogen and oxygen atoms in total. The number of carbonyl (C=O) groups excluding carboxylic acids is 1. The number of ether oxygens (including phenoxy) is 1. The topological polar surface area (TPSA) is 42.4 Å². The van der Waals surface area contributed by atoms with Crippen LogP contribution in [0, 0.1) is 6.92 Å². The lowest BCUT2D eigenvalue weighted by atomic mass is 10.1. The zero-order valence-corrected chi connectivity index (χ0v) is 17.5. The smallest absolute Gasteiger partial charge is 0.130 e. The second-order valence-corrected chi connectivity index (χ2v) is 10.0. The van der Waals surface area contributed by atoms with Crippen LogP contribution in [0.3, 0.4) is 0 Å². The molecule has 27 heavy (non-hydrogen) atoms. The van der Waals surface area contributed by atoms with Gasteiger partial charge in [-0.15, -0.1) is 11.8 Å². The number of benzene rings is 1. The van der Waals surface area contributed by atoms with Gasteiger partial charge in [0.2, 0.25) is 0 Å². The van der Waals surface area contributed by atoms with Crippen molar-refractivity contribution in [2.24, 2.45) is 0 Å². The van der Waals surface area contributed by atoms with E-state index in [-0.39, 0.29) is 16.0 Å². The van der Waals surface area contributed by atoms with E-state index in [1.54, 1.807) is 0 Å². The van der Waals surface area contributed by atoms with E-state index in [4.69, 9.17) is 4.74 Å². The van der Waals surface area contributed by atoms with E-state index in [9.17, 15) is 4.79 Å². The first kappa shape index (κ1) is 19.7. The van der Waals surface area contributed by atoms with Crippen molar-refractivity contribution in [2.45, 2.75) is 56.8 Å². The highest BCUT2D eigenvalue weighted by atomic mass is 32.2. The molecule has 1 aromatic carbocycles. The van der Waals surface area contributed by atoms with Crippen LogP contribution in [0.15, 0.2) is 36.5 Å². The van der Waals surface area contributed by atoms with E-state index in [0.29, 0.717) is 13.0 Å². The normalized spacial score (nSPS) is 19.1. The van der Waals surface area contributed by atoms with E-state index in [0.717, 1.165) is 23.3 Å². The number of likely N-dealkylation sites (N-methyl/N-ethyl adjacent to an activating group) is 1. The third-order valence-electron chi connectivity index (χ3n) is 4.71. The van der Waals surface area contributed by atoms with Gasteiger partial charge in [0.05, 0.1) is 17.0 Å². The average molecular weight is 385 g/mol. The van der Waals surface area contributed by atoms with Crippen LogP contribution in [0.25, 0.3) is 0 Å². The van der Waals surface area contributed by atoms with Crippen LogP contribution < -0.4 is 9.64 Å². The van der Waals surface area contributed by atoms with Gasteiger partial charge < -0.3 is 14.4 Å². The van der Waals surface area contributed by atoms with Gasteiger partial charge in [0, 0.05) is 30.1 Å². The van der Waals surface area contributed by atoms with Crippen molar-refractivity contribution in [3.05, 3.63) is 53.3 Å². The molecule has 2 heterocycles. The largest absolute Gasteiger partial charge is 0.487 e. The van der Waals surface area contributed by atoms with Crippen LogP contribution in [-0.2, 0) is 11.4 Å². The maximum absolute atomic E-state index is 11.3. The summed E-state index contributed by atoms with van der Waals surface area (Å²) < 4.78 is 6.11. The van der Waals surface area contributed by atoms with Gasteiger partial charge in [-0.25, -0.2) is 0 Å². The number of carbonyl (C=O) groups is 1. The number of hydrogen-bond donors (Lipinski definition) is 0. The summed E-state index contributed by atoms with van der Waals surface area (Å²) in [6, 6.07) is 10.5. The van der Waals surface area contributed by atoms with Crippen molar-refractivity contribution in [1.29, 1.82) is 0 Å². The molecule has 2 aromatic rings. The number of aldehydes is 1. The van der Waals surface area contributed by atoms with Crippen LogP contribution in [0.2, 0.25) is 0 Å². The molecule has 0 aliphatic carbocycles. The SMILES string of the molecule is Cc1ccc(COc2ccc3c(c2)C(SC(C)(C)C)C(CC=O)N3C)nc1. The number of aromatic nitrogens is 1. The number of thioether (sulfide) groups is 1. The first-order valence-corrected chi connectivity index (χ1v) is 10.2. The Morgan fingerprint density at radius 1 is 1.26 bits per heavy atom. The van der Waals surface area contributed by atoms with Gasteiger partial charge in [-0.3, -0.25) is 4.98 Å². The minimum absolute atomic E-state index is 0.108. The van der Waals surface area contributed by atoms with Crippen LogP contribution >= 0.6 is 11.8 Å². The number of nitrogens with zero attached hydrogens (tertiary/aromatic N) is 2. The number of hydrogen-bond acceptors (Lipinski definition) is 5. The Bertz CT molecular complexity index is 799. The highest BCUT2D eigenvalue weighted by Gasteiger charge is 2.39. The molecule has 1 aliphatic heterocycles. The van der Waals surface area contributed by atoms with E-state index < -0.39 is 0 Å². The monoisotopic (exact) mass is 384 g/mol. The molecule has 0 saturated heterocycles. The Kier molecular flexibility index (Phi) is 5.80. The molecular formula is C22H28N2O2S. The molecule has 0 N–H and O–H groups in total. The first-order valence-electron chi connectivity index (χ1n) is 9.31. The molecule has 2 unspecified atom stereocenters. The standard InChI is InChI=1S/C22H28N2O2S/c1-15-6-7-16(23-13-15)14-26-17-8-9-19-18(12-17)21(27-22(2,3)4)20(10-11-25)24(19)5/h6-9,11-13,20-21H,10,14H2,1-5H3. The second-order valence-electron chi connectivity index (χ2n) is 8.07. The number of anilines is 1. The predicted molar refractivity (Wildman–Crippen MR) is 113 cm³/mol. The Morgan fingerprint density at radius 3 is 2.67 bits per heavy atom. The fraction of sp³-hybridized carbons (Fsp3) is 0.455. The third kappa shape index (κ3) is 4.64. The van der Waals surface area contributed by atoms with Crippen molar-refractivity contribution < 1.29 is 9.53 Å². The summed E-state index contributed by atoms with van der Waals surface area (Å²) in [5, 5.41) is 0.247. The summed E-state index contributed by atoms with van der Waals surface area (Å²) in [7, 11) is 2.08. The number of aryl methyl sites for hydroxylation is 1. The van der Waals surface area contributed by atoms with Crippen molar-refractivity contribution in [3.8, 4) is 5.75 Å². The van der Waals surface area contributed by atoms with E-state index in [2.05, 4.69) is 49.8 Å². The summed E-state index contributed by atoms with van der Waals surface area (Å²) in [4.78, 5) is 17.9.